The van der Waals surface area contributed by atoms with Crippen molar-refractivity contribution in [1.29, 1.82) is 0 Å². The molecule has 0 saturated heterocycles. The van der Waals surface area contributed by atoms with Gasteiger partial charge in [-0.2, -0.15) is 8.78 Å². The molecule has 2 rings (SSSR count). The Kier molecular flexibility index (Phi) is 5.01. The topological polar surface area (TPSA) is 12.0 Å². The van der Waals surface area contributed by atoms with Crippen LogP contribution in [0.5, 0.6) is 0 Å². The summed E-state index contributed by atoms with van der Waals surface area (Å²) < 4.78 is 25.0. The van der Waals surface area contributed by atoms with Gasteiger partial charge in [-0.25, -0.2) is 0 Å². The van der Waals surface area contributed by atoms with Crippen molar-refractivity contribution >= 4 is 17.4 Å². The average molecular weight is 293 g/mol. The number of hydrogen-bond acceptors (Lipinski definition) is 2. The maximum atomic E-state index is 12.5. The highest BCUT2D eigenvalue weighted by atomic mass is 32.2. The lowest BCUT2D eigenvalue weighted by atomic mass is 10.0. The Balaban J connectivity index is 2.13. The highest BCUT2D eigenvalue weighted by Gasteiger charge is 2.09. The molecule has 0 atom stereocenters. The Hall–Kier alpha value is -1.55. The standard InChI is InChI=1S/C16H17F2NS/c1-11-6-5-7-13(12(11)2)10-19-14-8-3-4-9-15(14)20-16(17)18/h3-9,16,19H,10H2,1-2H3. The lowest BCUT2D eigenvalue weighted by Crippen LogP contribution is -2.03. The molecule has 0 bridgehead atoms. The fraction of sp³-hybridized carbons (Fsp3) is 0.250. The largest absolute Gasteiger partial charge is 0.380 e. The van der Waals surface area contributed by atoms with Gasteiger partial charge in [0.1, 0.15) is 0 Å². The van der Waals surface area contributed by atoms with Gasteiger partial charge >= 0.3 is 0 Å². The molecule has 1 N–H and O–H groups in total. The van der Waals surface area contributed by atoms with Crippen molar-refractivity contribution in [3.63, 3.8) is 0 Å². The van der Waals surface area contributed by atoms with E-state index in [4.69, 9.17) is 0 Å². The molecule has 0 aliphatic carbocycles. The summed E-state index contributed by atoms with van der Waals surface area (Å²) in [6, 6.07) is 13.3. The molecular weight excluding hydrogens is 276 g/mol. The van der Waals surface area contributed by atoms with Gasteiger partial charge in [0.05, 0.1) is 0 Å². The predicted octanol–water partition coefficient (Wildman–Crippen LogP) is 5.23. The molecule has 4 heteroatoms. The van der Waals surface area contributed by atoms with E-state index in [1.165, 1.54) is 16.7 Å². The van der Waals surface area contributed by atoms with Crippen LogP contribution in [0.1, 0.15) is 16.7 Å². The number of alkyl halides is 2. The van der Waals surface area contributed by atoms with Gasteiger partial charge in [-0.15, -0.1) is 0 Å². The lowest BCUT2D eigenvalue weighted by molar-refractivity contribution is 0.252. The van der Waals surface area contributed by atoms with Crippen molar-refractivity contribution in [1.82, 2.24) is 0 Å². The summed E-state index contributed by atoms with van der Waals surface area (Å²) in [6.45, 7) is 4.78. The number of para-hydroxylation sites is 1. The third-order valence-electron chi connectivity index (χ3n) is 3.29. The summed E-state index contributed by atoms with van der Waals surface area (Å²) in [5.41, 5.74) is 4.40. The number of nitrogens with one attached hydrogen (secondary N) is 1. The molecule has 0 spiro atoms. The van der Waals surface area contributed by atoms with Crippen molar-refractivity contribution in [2.45, 2.75) is 31.0 Å². The molecule has 1 nitrogen and oxygen atoms in total. The van der Waals surface area contributed by atoms with Gasteiger partial charge in [0.15, 0.2) is 0 Å². The Labute approximate surface area is 122 Å². The van der Waals surface area contributed by atoms with Crippen LogP contribution in [-0.4, -0.2) is 5.76 Å². The molecule has 0 saturated carbocycles. The van der Waals surface area contributed by atoms with Gasteiger partial charge < -0.3 is 5.32 Å². The van der Waals surface area contributed by atoms with Crippen LogP contribution in [-0.2, 0) is 6.54 Å². The Morgan fingerprint density at radius 2 is 1.80 bits per heavy atom. The van der Waals surface area contributed by atoms with E-state index in [1.54, 1.807) is 12.1 Å². The van der Waals surface area contributed by atoms with Crippen LogP contribution in [0.25, 0.3) is 0 Å². The van der Waals surface area contributed by atoms with Crippen LogP contribution < -0.4 is 5.32 Å². The van der Waals surface area contributed by atoms with Crippen molar-refractivity contribution < 1.29 is 8.78 Å². The summed E-state index contributed by atoms with van der Waals surface area (Å²) >= 11 is 0.572. The number of halogens is 2. The van der Waals surface area contributed by atoms with Crippen LogP contribution in [0, 0.1) is 13.8 Å². The molecule has 0 unspecified atom stereocenters. The third kappa shape index (κ3) is 3.73. The van der Waals surface area contributed by atoms with Gasteiger partial charge in [0, 0.05) is 17.1 Å². The van der Waals surface area contributed by atoms with E-state index in [1.807, 2.05) is 18.2 Å². The van der Waals surface area contributed by atoms with E-state index in [0.29, 0.717) is 23.2 Å². The van der Waals surface area contributed by atoms with Crippen molar-refractivity contribution in [3.05, 3.63) is 59.2 Å². The van der Waals surface area contributed by atoms with Gasteiger partial charge in [0.25, 0.3) is 5.76 Å². The molecule has 0 aliphatic rings. The SMILES string of the molecule is Cc1cccc(CNc2ccccc2SC(F)F)c1C. The zero-order valence-corrected chi connectivity index (χ0v) is 12.3. The average Bonchev–Trinajstić information content (AvgIpc) is 2.41. The third-order valence-corrected chi connectivity index (χ3v) is 4.08. The first kappa shape index (κ1) is 14.9. The first-order valence-corrected chi connectivity index (χ1v) is 7.28. The highest BCUT2D eigenvalue weighted by molar-refractivity contribution is 7.99. The Morgan fingerprint density at radius 1 is 1.05 bits per heavy atom. The number of aryl methyl sites for hydroxylation is 1. The number of thioether (sulfide) groups is 1. The van der Waals surface area contributed by atoms with E-state index < -0.39 is 5.76 Å². The number of hydrogen-bond donors (Lipinski definition) is 1. The van der Waals surface area contributed by atoms with Crippen molar-refractivity contribution in [2.75, 3.05) is 5.32 Å². The maximum absolute atomic E-state index is 12.5. The van der Waals surface area contributed by atoms with Gasteiger partial charge in [-0.3, -0.25) is 0 Å². The van der Waals surface area contributed by atoms with Crippen LogP contribution in [0.3, 0.4) is 0 Å². The summed E-state index contributed by atoms with van der Waals surface area (Å²) in [4.78, 5) is 0.577. The van der Waals surface area contributed by atoms with Gasteiger partial charge in [-0.1, -0.05) is 42.1 Å². The molecule has 0 heterocycles. The number of benzene rings is 2. The van der Waals surface area contributed by atoms with Gasteiger partial charge in [0.2, 0.25) is 0 Å². The first-order chi connectivity index (χ1) is 9.58. The molecule has 20 heavy (non-hydrogen) atoms. The van der Waals surface area contributed by atoms with Gasteiger partial charge in [-0.05, 0) is 42.7 Å². The normalized spacial score (nSPS) is 10.8. The molecule has 0 aromatic heterocycles. The van der Waals surface area contributed by atoms with Crippen LogP contribution in [0.4, 0.5) is 14.5 Å². The monoisotopic (exact) mass is 293 g/mol. The molecule has 0 amide bonds. The van der Waals surface area contributed by atoms with E-state index in [9.17, 15) is 8.78 Å². The molecular formula is C16H17F2NS. The molecule has 0 radical (unpaired) electrons. The minimum absolute atomic E-state index is 0.572. The summed E-state index contributed by atoms with van der Waals surface area (Å²) in [5.74, 6) is -2.40. The second-order valence-corrected chi connectivity index (χ2v) is 5.62. The molecule has 2 aromatic rings. The van der Waals surface area contributed by atoms with Crippen LogP contribution >= 0.6 is 11.8 Å². The fourth-order valence-corrected chi connectivity index (χ4v) is 2.62. The van der Waals surface area contributed by atoms with Crippen molar-refractivity contribution in [3.8, 4) is 0 Å². The van der Waals surface area contributed by atoms with Crippen LogP contribution in [0.15, 0.2) is 47.4 Å². The fourth-order valence-electron chi connectivity index (χ4n) is 2.01. The molecule has 106 valence electrons. The summed E-state index contributed by atoms with van der Waals surface area (Å²) in [7, 11) is 0. The second kappa shape index (κ2) is 6.75. The smallest absolute Gasteiger partial charge is 0.288 e. The number of anilines is 1. The quantitative estimate of drug-likeness (QED) is 0.757. The minimum Gasteiger partial charge on any atom is -0.380 e. The van der Waals surface area contributed by atoms with E-state index >= 15 is 0 Å². The van der Waals surface area contributed by atoms with E-state index in [2.05, 4.69) is 31.3 Å². The van der Waals surface area contributed by atoms with Crippen LogP contribution in [0.2, 0.25) is 0 Å². The zero-order chi connectivity index (χ0) is 14.5. The molecule has 0 aliphatic heterocycles. The molecule has 0 fully saturated rings. The maximum Gasteiger partial charge on any atom is 0.288 e. The summed E-state index contributed by atoms with van der Waals surface area (Å²) in [6.07, 6.45) is 0. The first-order valence-electron chi connectivity index (χ1n) is 6.40. The Bertz CT molecular complexity index is 584. The number of rotatable bonds is 5. The second-order valence-electron chi connectivity index (χ2n) is 4.59. The Morgan fingerprint density at radius 3 is 2.55 bits per heavy atom. The van der Waals surface area contributed by atoms with E-state index in [-0.39, 0.29) is 0 Å². The molecule has 2 aromatic carbocycles. The zero-order valence-electron chi connectivity index (χ0n) is 11.5. The predicted molar refractivity (Wildman–Crippen MR) is 81.5 cm³/mol. The van der Waals surface area contributed by atoms with E-state index in [0.717, 1.165) is 5.69 Å². The highest BCUT2D eigenvalue weighted by Crippen LogP contribution is 2.32. The van der Waals surface area contributed by atoms with Crippen molar-refractivity contribution in [2.24, 2.45) is 0 Å². The summed E-state index contributed by atoms with van der Waals surface area (Å²) in [5, 5.41) is 3.25. The minimum atomic E-state index is -2.40. The lowest BCUT2D eigenvalue weighted by Gasteiger charge is -2.13.